The van der Waals surface area contributed by atoms with Gasteiger partial charge in [0.05, 0.1) is 6.42 Å². The first-order valence-electron chi connectivity index (χ1n) is 7.88. The minimum atomic E-state index is -0.675. The number of nitrogens with zero attached hydrogens (tertiary/aromatic N) is 3. The molecule has 0 bridgehead atoms. The number of fused-ring (bicyclic) bond motifs is 1. The van der Waals surface area contributed by atoms with Crippen molar-refractivity contribution in [3.8, 4) is 0 Å². The van der Waals surface area contributed by atoms with Crippen molar-refractivity contribution in [3.63, 3.8) is 0 Å². The number of urea groups is 1. The van der Waals surface area contributed by atoms with Crippen LogP contribution in [0.25, 0.3) is 0 Å². The molecule has 4 amide bonds. The van der Waals surface area contributed by atoms with Crippen molar-refractivity contribution in [1.29, 1.82) is 0 Å². The van der Waals surface area contributed by atoms with Crippen LogP contribution >= 0.6 is 0 Å². The van der Waals surface area contributed by atoms with Crippen molar-refractivity contribution < 1.29 is 14.4 Å². The first-order valence-corrected chi connectivity index (χ1v) is 7.88. The van der Waals surface area contributed by atoms with E-state index in [4.69, 9.17) is 0 Å². The molecule has 1 aromatic carbocycles. The van der Waals surface area contributed by atoms with Gasteiger partial charge in [0.2, 0.25) is 5.91 Å². The second-order valence-corrected chi connectivity index (χ2v) is 6.16. The molecule has 3 rings (SSSR count). The molecule has 6 heteroatoms. The van der Waals surface area contributed by atoms with Crippen LogP contribution in [0.1, 0.15) is 17.5 Å². The third-order valence-electron chi connectivity index (χ3n) is 4.81. The van der Waals surface area contributed by atoms with Gasteiger partial charge in [0.1, 0.15) is 6.04 Å². The summed E-state index contributed by atoms with van der Waals surface area (Å²) in [4.78, 5) is 40.7. The van der Waals surface area contributed by atoms with E-state index in [9.17, 15) is 14.4 Å². The fourth-order valence-corrected chi connectivity index (χ4v) is 3.29. The fraction of sp³-hybridized carbons (Fsp3) is 0.471. The molecule has 1 aromatic rings. The zero-order chi connectivity index (χ0) is 16.6. The fourth-order valence-electron chi connectivity index (χ4n) is 3.29. The van der Waals surface area contributed by atoms with Gasteiger partial charge in [-0.1, -0.05) is 24.3 Å². The molecule has 0 aliphatic carbocycles. The van der Waals surface area contributed by atoms with E-state index in [1.165, 1.54) is 23.1 Å². The molecule has 2 aliphatic rings. The van der Waals surface area contributed by atoms with Gasteiger partial charge in [0.15, 0.2) is 0 Å². The Labute approximate surface area is 135 Å². The third kappa shape index (κ3) is 2.81. The Kier molecular flexibility index (Phi) is 4.07. The van der Waals surface area contributed by atoms with E-state index in [1.54, 1.807) is 7.05 Å². The van der Waals surface area contributed by atoms with E-state index in [0.29, 0.717) is 13.1 Å². The van der Waals surface area contributed by atoms with Crippen LogP contribution in [0.2, 0.25) is 0 Å². The number of amides is 4. The zero-order valence-corrected chi connectivity index (χ0v) is 13.5. The number of hydrogen-bond donors (Lipinski definition) is 0. The Morgan fingerprint density at radius 2 is 1.65 bits per heavy atom. The summed E-state index contributed by atoms with van der Waals surface area (Å²) in [5.41, 5.74) is 2.57. The lowest BCUT2D eigenvalue weighted by Gasteiger charge is -2.23. The van der Waals surface area contributed by atoms with Crippen LogP contribution in [-0.2, 0) is 22.4 Å². The number of rotatable bonds is 2. The predicted molar refractivity (Wildman–Crippen MR) is 84.8 cm³/mol. The summed E-state index contributed by atoms with van der Waals surface area (Å²) in [6, 6.07) is 7.21. The van der Waals surface area contributed by atoms with Crippen molar-refractivity contribution in [2.75, 3.05) is 27.2 Å². The minimum absolute atomic E-state index is 0.0573. The molecule has 1 atom stereocenters. The Bertz CT molecular complexity index is 631. The average Bonchev–Trinajstić information content (AvgIpc) is 2.75. The molecule has 2 heterocycles. The van der Waals surface area contributed by atoms with Gasteiger partial charge in [0.25, 0.3) is 5.91 Å². The largest absolute Gasteiger partial charge is 0.342 e. The van der Waals surface area contributed by atoms with Crippen LogP contribution in [0.15, 0.2) is 24.3 Å². The van der Waals surface area contributed by atoms with Gasteiger partial charge in [-0.2, -0.15) is 0 Å². The van der Waals surface area contributed by atoms with E-state index in [-0.39, 0.29) is 24.3 Å². The van der Waals surface area contributed by atoms with Crippen molar-refractivity contribution in [1.82, 2.24) is 14.7 Å². The highest BCUT2D eigenvalue weighted by Gasteiger charge is 2.42. The van der Waals surface area contributed by atoms with E-state index in [1.807, 2.05) is 17.0 Å². The maximum Gasteiger partial charge on any atom is 0.326 e. The number of hydrogen-bond acceptors (Lipinski definition) is 3. The van der Waals surface area contributed by atoms with Gasteiger partial charge >= 0.3 is 6.03 Å². The number of carbonyl (C=O) groups is 3. The van der Waals surface area contributed by atoms with Crippen LogP contribution in [0.5, 0.6) is 0 Å². The summed E-state index contributed by atoms with van der Waals surface area (Å²) >= 11 is 0. The van der Waals surface area contributed by atoms with Gasteiger partial charge < -0.3 is 9.80 Å². The molecule has 0 saturated carbocycles. The van der Waals surface area contributed by atoms with E-state index >= 15 is 0 Å². The van der Waals surface area contributed by atoms with Crippen molar-refractivity contribution in [2.45, 2.75) is 25.3 Å². The van der Waals surface area contributed by atoms with Gasteiger partial charge in [-0.3, -0.25) is 14.5 Å². The highest BCUT2D eigenvalue weighted by atomic mass is 16.2. The molecule has 6 nitrogen and oxygen atoms in total. The van der Waals surface area contributed by atoms with Gasteiger partial charge in [-0.15, -0.1) is 0 Å². The number of benzene rings is 1. The lowest BCUT2D eigenvalue weighted by molar-refractivity contribution is -0.136. The molecule has 23 heavy (non-hydrogen) atoms. The topological polar surface area (TPSA) is 60.9 Å². The standard InChI is InChI=1S/C17H21N3O3/c1-18-14(16(22)19(2)17(18)23)11-15(21)20-9-7-12-5-3-4-6-13(12)8-10-20/h3-6,14H,7-11H2,1-2H3. The molecule has 122 valence electrons. The second-order valence-electron chi connectivity index (χ2n) is 6.16. The summed E-state index contributed by atoms with van der Waals surface area (Å²) in [6.07, 6.45) is 1.71. The summed E-state index contributed by atoms with van der Waals surface area (Å²) in [5.74, 6) is -0.366. The minimum Gasteiger partial charge on any atom is -0.342 e. The quantitative estimate of drug-likeness (QED) is 0.762. The lowest BCUT2D eigenvalue weighted by atomic mass is 10.0. The molecular weight excluding hydrogens is 294 g/mol. The smallest absolute Gasteiger partial charge is 0.326 e. The molecular formula is C17H21N3O3. The van der Waals surface area contributed by atoms with E-state index in [2.05, 4.69) is 12.1 Å². The van der Waals surface area contributed by atoms with Gasteiger partial charge in [-0.25, -0.2) is 4.79 Å². The molecule has 2 aliphatic heterocycles. The van der Waals surface area contributed by atoms with Crippen molar-refractivity contribution >= 4 is 17.8 Å². The number of imide groups is 1. The van der Waals surface area contributed by atoms with Crippen LogP contribution in [0.3, 0.4) is 0 Å². The molecule has 0 spiro atoms. The summed E-state index contributed by atoms with van der Waals surface area (Å²) in [5, 5.41) is 0. The highest BCUT2D eigenvalue weighted by Crippen LogP contribution is 2.20. The Hall–Kier alpha value is -2.37. The SMILES string of the molecule is CN1C(=O)C(CC(=O)N2CCc3ccccc3CC2)N(C)C1=O. The van der Waals surface area contributed by atoms with Crippen molar-refractivity contribution in [2.24, 2.45) is 0 Å². The first-order chi connectivity index (χ1) is 11.0. The zero-order valence-electron chi connectivity index (χ0n) is 13.5. The predicted octanol–water partition coefficient (Wildman–Crippen LogP) is 0.896. The summed E-state index contributed by atoms with van der Waals surface area (Å²) in [7, 11) is 3.02. The van der Waals surface area contributed by atoms with E-state index in [0.717, 1.165) is 17.7 Å². The second kappa shape index (κ2) is 6.02. The molecule has 0 radical (unpaired) electrons. The van der Waals surface area contributed by atoms with Crippen LogP contribution in [0, 0.1) is 0 Å². The Balaban J connectivity index is 1.66. The molecule has 0 aromatic heterocycles. The van der Waals surface area contributed by atoms with E-state index < -0.39 is 6.04 Å². The molecule has 1 fully saturated rings. The number of likely N-dealkylation sites (N-methyl/N-ethyl adjacent to an activating group) is 2. The third-order valence-corrected chi connectivity index (χ3v) is 4.81. The Morgan fingerprint density at radius 1 is 1.09 bits per heavy atom. The number of carbonyl (C=O) groups excluding carboxylic acids is 3. The lowest BCUT2D eigenvalue weighted by Crippen LogP contribution is -2.40. The summed E-state index contributed by atoms with van der Waals surface area (Å²) < 4.78 is 0. The van der Waals surface area contributed by atoms with Gasteiger partial charge in [-0.05, 0) is 24.0 Å². The Morgan fingerprint density at radius 3 is 2.13 bits per heavy atom. The maximum absolute atomic E-state index is 12.6. The van der Waals surface area contributed by atoms with Crippen molar-refractivity contribution in [3.05, 3.63) is 35.4 Å². The van der Waals surface area contributed by atoms with Crippen LogP contribution in [0.4, 0.5) is 4.79 Å². The monoisotopic (exact) mass is 315 g/mol. The summed E-state index contributed by atoms with van der Waals surface area (Å²) in [6.45, 7) is 1.31. The highest BCUT2D eigenvalue weighted by molar-refractivity contribution is 6.05. The maximum atomic E-state index is 12.6. The first kappa shape index (κ1) is 15.5. The average molecular weight is 315 g/mol. The van der Waals surface area contributed by atoms with Gasteiger partial charge in [0, 0.05) is 27.2 Å². The molecule has 1 saturated heterocycles. The molecule has 1 unspecified atom stereocenters. The normalized spacial score (nSPS) is 21.5. The van der Waals surface area contributed by atoms with Crippen LogP contribution in [-0.4, -0.2) is 65.8 Å². The molecule has 0 N–H and O–H groups in total. The van der Waals surface area contributed by atoms with Crippen LogP contribution < -0.4 is 0 Å².